The lowest BCUT2D eigenvalue weighted by Gasteiger charge is -2.15. The second-order valence-corrected chi connectivity index (χ2v) is 7.87. The third-order valence-corrected chi connectivity index (χ3v) is 5.58. The first-order valence-electron chi connectivity index (χ1n) is 7.46. The van der Waals surface area contributed by atoms with Crippen LogP contribution in [0.2, 0.25) is 5.02 Å². The van der Waals surface area contributed by atoms with Crippen LogP contribution in [0.4, 0.5) is 0 Å². The van der Waals surface area contributed by atoms with Crippen molar-refractivity contribution in [3.8, 4) is 5.75 Å². The van der Waals surface area contributed by atoms with Crippen molar-refractivity contribution in [1.82, 2.24) is 4.72 Å². The lowest BCUT2D eigenvalue weighted by molar-refractivity contribution is 0.357. The van der Waals surface area contributed by atoms with Crippen LogP contribution < -0.4 is 9.46 Å². The zero-order valence-corrected chi connectivity index (χ0v) is 14.3. The standard InChI is InChI=1S/C17H18ClNO3S/c1-12(9-13-5-6-17-14(10-13)7-8-22-17)19-23(20,21)16-4-2-3-15(18)11-16/h2-6,10-12,19H,7-9H2,1H3. The van der Waals surface area contributed by atoms with Gasteiger partial charge < -0.3 is 4.74 Å². The fraction of sp³-hybridized carbons (Fsp3) is 0.294. The highest BCUT2D eigenvalue weighted by Gasteiger charge is 2.19. The Bertz CT molecular complexity index is 820. The number of halogens is 1. The van der Waals surface area contributed by atoms with Crippen molar-refractivity contribution >= 4 is 21.6 Å². The Balaban J connectivity index is 1.70. The van der Waals surface area contributed by atoms with Crippen LogP contribution in [0, 0.1) is 0 Å². The highest BCUT2D eigenvalue weighted by atomic mass is 35.5. The van der Waals surface area contributed by atoms with Gasteiger partial charge in [-0.25, -0.2) is 13.1 Å². The Morgan fingerprint density at radius 1 is 1.26 bits per heavy atom. The van der Waals surface area contributed by atoms with Crippen molar-refractivity contribution in [3.05, 3.63) is 58.6 Å². The molecule has 2 aromatic rings. The minimum atomic E-state index is -3.57. The highest BCUT2D eigenvalue weighted by Crippen LogP contribution is 2.26. The molecule has 1 atom stereocenters. The van der Waals surface area contributed by atoms with Crippen molar-refractivity contribution in [2.75, 3.05) is 6.61 Å². The van der Waals surface area contributed by atoms with Crippen LogP contribution in [-0.2, 0) is 22.9 Å². The van der Waals surface area contributed by atoms with E-state index in [1.54, 1.807) is 12.1 Å². The summed E-state index contributed by atoms with van der Waals surface area (Å²) in [4.78, 5) is 0.180. The minimum absolute atomic E-state index is 0.180. The molecule has 0 fully saturated rings. The lowest BCUT2D eigenvalue weighted by atomic mass is 10.0. The van der Waals surface area contributed by atoms with Crippen molar-refractivity contribution in [1.29, 1.82) is 0 Å². The molecule has 0 saturated heterocycles. The van der Waals surface area contributed by atoms with Gasteiger partial charge in [0, 0.05) is 17.5 Å². The molecule has 122 valence electrons. The average Bonchev–Trinajstić information content (AvgIpc) is 2.94. The lowest BCUT2D eigenvalue weighted by Crippen LogP contribution is -2.34. The average molecular weight is 352 g/mol. The first kappa shape index (κ1) is 16.3. The molecule has 1 aliphatic heterocycles. The van der Waals surface area contributed by atoms with Gasteiger partial charge in [0.1, 0.15) is 5.75 Å². The van der Waals surface area contributed by atoms with Gasteiger partial charge in [0.15, 0.2) is 0 Å². The summed E-state index contributed by atoms with van der Waals surface area (Å²) >= 11 is 5.87. The normalized spacial score (nSPS) is 15.0. The molecular formula is C17H18ClNO3S. The van der Waals surface area contributed by atoms with E-state index in [2.05, 4.69) is 10.8 Å². The fourth-order valence-corrected chi connectivity index (χ4v) is 4.27. The zero-order valence-electron chi connectivity index (χ0n) is 12.8. The van der Waals surface area contributed by atoms with E-state index in [1.807, 2.05) is 19.1 Å². The van der Waals surface area contributed by atoms with Crippen LogP contribution in [0.25, 0.3) is 0 Å². The zero-order chi connectivity index (χ0) is 16.4. The van der Waals surface area contributed by atoms with Gasteiger partial charge in [0.2, 0.25) is 10.0 Å². The SMILES string of the molecule is CC(Cc1ccc2c(c1)CCO2)NS(=O)(=O)c1cccc(Cl)c1. The molecule has 2 aromatic carbocycles. The molecule has 3 rings (SSSR count). The maximum Gasteiger partial charge on any atom is 0.240 e. The van der Waals surface area contributed by atoms with Crippen LogP contribution in [0.5, 0.6) is 5.75 Å². The number of benzene rings is 2. The van der Waals surface area contributed by atoms with Crippen LogP contribution >= 0.6 is 11.6 Å². The van der Waals surface area contributed by atoms with Crippen LogP contribution in [0.3, 0.4) is 0 Å². The molecule has 0 spiro atoms. The van der Waals surface area contributed by atoms with Crippen molar-refractivity contribution in [3.63, 3.8) is 0 Å². The van der Waals surface area contributed by atoms with Crippen molar-refractivity contribution in [2.24, 2.45) is 0 Å². The van der Waals surface area contributed by atoms with Gasteiger partial charge in [-0.05, 0) is 48.7 Å². The smallest absolute Gasteiger partial charge is 0.240 e. The van der Waals surface area contributed by atoms with Gasteiger partial charge in [-0.15, -0.1) is 0 Å². The molecule has 0 bridgehead atoms. The third-order valence-electron chi connectivity index (χ3n) is 3.76. The fourth-order valence-electron chi connectivity index (χ4n) is 2.73. The summed E-state index contributed by atoms with van der Waals surface area (Å²) in [5.41, 5.74) is 2.28. The van der Waals surface area contributed by atoms with E-state index in [-0.39, 0.29) is 10.9 Å². The second kappa shape index (κ2) is 6.51. The van der Waals surface area contributed by atoms with Gasteiger partial charge in [-0.1, -0.05) is 29.8 Å². The first-order valence-corrected chi connectivity index (χ1v) is 9.33. The Morgan fingerprint density at radius 2 is 2.09 bits per heavy atom. The number of hydrogen-bond donors (Lipinski definition) is 1. The van der Waals surface area contributed by atoms with E-state index in [0.29, 0.717) is 11.4 Å². The minimum Gasteiger partial charge on any atom is -0.493 e. The maximum atomic E-state index is 12.4. The van der Waals surface area contributed by atoms with Gasteiger partial charge in [0.05, 0.1) is 11.5 Å². The summed E-state index contributed by atoms with van der Waals surface area (Å²) in [5.74, 6) is 0.931. The third kappa shape index (κ3) is 3.86. The van der Waals surface area contributed by atoms with E-state index in [4.69, 9.17) is 16.3 Å². The Hall–Kier alpha value is -1.56. The van der Waals surface area contributed by atoms with Crippen LogP contribution in [-0.4, -0.2) is 21.1 Å². The molecule has 0 aromatic heterocycles. The first-order chi connectivity index (χ1) is 10.9. The molecule has 6 heteroatoms. The summed E-state index contributed by atoms with van der Waals surface area (Å²) in [7, 11) is -3.57. The van der Waals surface area contributed by atoms with Gasteiger partial charge in [-0.2, -0.15) is 0 Å². The molecule has 0 aliphatic carbocycles. The van der Waals surface area contributed by atoms with E-state index in [9.17, 15) is 8.42 Å². The van der Waals surface area contributed by atoms with Gasteiger partial charge in [-0.3, -0.25) is 0 Å². The molecule has 4 nitrogen and oxygen atoms in total. The largest absolute Gasteiger partial charge is 0.493 e. The quantitative estimate of drug-likeness (QED) is 0.900. The topological polar surface area (TPSA) is 55.4 Å². The second-order valence-electron chi connectivity index (χ2n) is 5.72. The molecule has 1 heterocycles. The van der Waals surface area contributed by atoms with E-state index >= 15 is 0 Å². The van der Waals surface area contributed by atoms with Crippen LogP contribution in [0.1, 0.15) is 18.1 Å². The summed E-state index contributed by atoms with van der Waals surface area (Å²) in [6.07, 6.45) is 1.53. The molecule has 0 saturated carbocycles. The molecule has 23 heavy (non-hydrogen) atoms. The van der Waals surface area contributed by atoms with E-state index in [0.717, 1.165) is 24.3 Å². The van der Waals surface area contributed by atoms with Gasteiger partial charge >= 0.3 is 0 Å². The van der Waals surface area contributed by atoms with Crippen molar-refractivity contribution in [2.45, 2.75) is 30.7 Å². The molecule has 0 amide bonds. The number of nitrogens with one attached hydrogen (secondary N) is 1. The number of sulfonamides is 1. The molecule has 1 aliphatic rings. The number of hydrogen-bond acceptors (Lipinski definition) is 3. The Labute approximate surface area is 141 Å². The number of rotatable bonds is 5. The maximum absolute atomic E-state index is 12.4. The van der Waals surface area contributed by atoms with E-state index < -0.39 is 10.0 Å². The van der Waals surface area contributed by atoms with Gasteiger partial charge in [0.25, 0.3) is 0 Å². The number of fused-ring (bicyclic) bond motifs is 1. The predicted molar refractivity (Wildman–Crippen MR) is 90.6 cm³/mol. The summed E-state index contributed by atoms with van der Waals surface area (Å²) in [6, 6.07) is 12.1. The van der Waals surface area contributed by atoms with Crippen LogP contribution in [0.15, 0.2) is 47.4 Å². The van der Waals surface area contributed by atoms with Crippen molar-refractivity contribution < 1.29 is 13.2 Å². The van der Waals surface area contributed by atoms with E-state index in [1.165, 1.54) is 17.7 Å². The highest BCUT2D eigenvalue weighted by molar-refractivity contribution is 7.89. The summed E-state index contributed by atoms with van der Waals surface area (Å²) in [6.45, 7) is 2.57. The summed E-state index contributed by atoms with van der Waals surface area (Å²) < 4.78 is 32.9. The molecule has 1 N–H and O–H groups in total. The Kier molecular flexibility index (Phi) is 4.62. The molecule has 0 radical (unpaired) electrons. The monoisotopic (exact) mass is 351 g/mol. The molecular weight excluding hydrogens is 334 g/mol. The predicted octanol–water partition coefficient (Wildman–Crippen LogP) is 3.18. The molecule has 1 unspecified atom stereocenters. The summed E-state index contributed by atoms with van der Waals surface area (Å²) in [5, 5.41) is 0.402. The Morgan fingerprint density at radius 3 is 2.87 bits per heavy atom. The number of ether oxygens (including phenoxy) is 1.